The number of hydrogen-bond donors (Lipinski definition) is 1. The third kappa shape index (κ3) is 5.97. The van der Waals surface area contributed by atoms with E-state index in [0.717, 1.165) is 12.8 Å². The molecule has 0 spiro atoms. The van der Waals surface area contributed by atoms with E-state index in [1.807, 2.05) is 0 Å². The van der Waals surface area contributed by atoms with Gasteiger partial charge in [0.2, 0.25) is 0 Å². The fraction of sp³-hybridized carbons (Fsp3) is 0.556. The Morgan fingerprint density at radius 2 is 2.45 bits per heavy atom. The summed E-state index contributed by atoms with van der Waals surface area (Å²) >= 11 is 5.55. The molecule has 1 atom stereocenters. The zero-order chi connectivity index (χ0) is 8.69. The Morgan fingerprint density at radius 3 is 2.82 bits per heavy atom. The first-order valence-corrected chi connectivity index (χ1v) is 4.11. The molecule has 1 unspecified atom stereocenters. The Labute approximate surface area is 73.8 Å². The zero-order valence-electron chi connectivity index (χ0n) is 6.86. The van der Waals surface area contributed by atoms with Crippen LogP contribution >= 0.6 is 11.6 Å². The van der Waals surface area contributed by atoms with Crippen molar-refractivity contribution < 1.29 is 0 Å². The first kappa shape index (κ1) is 10.6. The van der Waals surface area contributed by atoms with Crippen LogP contribution in [-0.2, 0) is 0 Å². The molecular formula is C9H14ClN. The molecule has 2 heteroatoms. The molecule has 0 heterocycles. The van der Waals surface area contributed by atoms with Crippen molar-refractivity contribution in [3.63, 3.8) is 0 Å². The van der Waals surface area contributed by atoms with E-state index in [1.54, 1.807) is 0 Å². The Hall–Kier alpha value is -0.450. The molecule has 0 aromatic rings. The van der Waals surface area contributed by atoms with Gasteiger partial charge in [0, 0.05) is 11.6 Å². The molecular weight excluding hydrogens is 158 g/mol. The summed E-state index contributed by atoms with van der Waals surface area (Å²) in [6.07, 6.45) is 7.33. The molecule has 0 saturated carbocycles. The van der Waals surface area contributed by atoms with Gasteiger partial charge in [-0.05, 0) is 6.42 Å². The van der Waals surface area contributed by atoms with Gasteiger partial charge in [-0.25, -0.2) is 0 Å². The van der Waals surface area contributed by atoms with E-state index in [2.05, 4.69) is 24.7 Å². The Bertz CT molecular complexity index is 157. The summed E-state index contributed by atoms with van der Waals surface area (Å²) in [5.41, 5.74) is 0. The maximum Gasteiger partial charge on any atom is 0.0689 e. The highest BCUT2D eigenvalue weighted by Crippen LogP contribution is 1.98. The molecule has 0 aliphatic carbocycles. The topological polar surface area (TPSA) is 12.0 Å². The first-order chi connectivity index (χ1) is 5.20. The summed E-state index contributed by atoms with van der Waals surface area (Å²) in [5, 5.41) is 3.70. The first-order valence-electron chi connectivity index (χ1n) is 3.73. The minimum atomic E-state index is 0.135. The number of halogens is 1. The maximum atomic E-state index is 5.55. The largest absolute Gasteiger partial charge is 0.299 e. The van der Waals surface area contributed by atoms with Crippen molar-refractivity contribution in [3.8, 4) is 12.3 Å². The fourth-order valence-corrected chi connectivity index (χ4v) is 0.844. The van der Waals surface area contributed by atoms with E-state index < -0.39 is 0 Å². The SMILES string of the molecule is C#CC(CCC)NCC(=C)Cl. The molecule has 0 aromatic heterocycles. The minimum absolute atomic E-state index is 0.135. The van der Waals surface area contributed by atoms with Gasteiger partial charge in [-0.2, -0.15) is 0 Å². The van der Waals surface area contributed by atoms with E-state index >= 15 is 0 Å². The number of hydrogen-bond acceptors (Lipinski definition) is 1. The van der Waals surface area contributed by atoms with Gasteiger partial charge in [-0.15, -0.1) is 6.42 Å². The molecule has 1 nitrogen and oxygen atoms in total. The second-order valence-electron chi connectivity index (χ2n) is 2.41. The average Bonchev–Trinajstić information content (AvgIpc) is 1.97. The average molecular weight is 172 g/mol. The van der Waals surface area contributed by atoms with E-state index in [9.17, 15) is 0 Å². The summed E-state index contributed by atoms with van der Waals surface area (Å²) in [6, 6.07) is 0.135. The minimum Gasteiger partial charge on any atom is -0.299 e. The molecule has 1 N–H and O–H groups in total. The number of terminal acetylenes is 1. The van der Waals surface area contributed by atoms with Crippen LogP contribution in [0, 0.1) is 12.3 Å². The summed E-state index contributed by atoms with van der Waals surface area (Å²) in [5.74, 6) is 2.65. The molecule has 0 fully saturated rings. The molecule has 11 heavy (non-hydrogen) atoms. The standard InChI is InChI=1S/C9H14ClN/c1-4-6-9(5-2)11-7-8(3)10/h2,9,11H,3-4,6-7H2,1H3. The van der Waals surface area contributed by atoms with Gasteiger partial charge in [0.25, 0.3) is 0 Å². The van der Waals surface area contributed by atoms with Crippen LogP contribution < -0.4 is 5.32 Å². The van der Waals surface area contributed by atoms with E-state index in [-0.39, 0.29) is 6.04 Å². The molecule has 0 aliphatic heterocycles. The van der Waals surface area contributed by atoms with Gasteiger partial charge in [0.1, 0.15) is 0 Å². The maximum absolute atomic E-state index is 5.55. The van der Waals surface area contributed by atoms with Crippen molar-refractivity contribution in [2.24, 2.45) is 0 Å². The molecule has 0 amide bonds. The smallest absolute Gasteiger partial charge is 0.0689 e. The lowest BCUT2D eigenvalue weighted by atomic mass is 10.2. The van der Waals surface area contributed by atoms with Crippen LogP contribution in [0.5, 0.6) is 0 Å². The van der Waals surface area contributed by atoms with Crippen LogP contribution in [0.25, 0.3) is 0 Å². The normalized spacial score (nSPS) is 12.1. The van der Waals surface area contributed by atoms with Crippen molar-refractivity contribution in [2.75, 3.05) is 6.54 Å². The van der Waals surface area contributed by atoms with Gasteiger partial charge in [-0.1, -0.05) is 37.4 Å². The van der Waals surface area contributed by atoms with Crippen LogP contribution in [0.3, 0.4) is 0 Å². The second-order valence-corrected chi connectivity index (χ2v) is 2.94. The lowest BCUT2D eigenvalue weighted by Gasteiger charge is -2.10. The predicted octanol–water partition coefficient (Wildman–Crippen LogP) is 2.13. The van der Waals surface area contributed by atoms with E-state index in [1.165, 1.54) is 0 Å². The zero-order valence-corrected chi connectivity index (χ0v) is 7.62. The van der Waals surface area contributed by atoms with E-state index in [0.29, 0.717) is 11.6 Å². The number of rotatable bonds is 5. The number of nitrogens with one attached hydrogen (secondary N) is 1. The predicted molar refractivity (Wildman–Crippen MR) is 50.5 cm³/mol. The van der Waals surface area contributed by atoms with Crippen molar-refractivity contribution in [1.29, 1.82) is 0 Å². The summed E-state index contributed by atoms with van der Waals surface area (Å²) in [6.45, 7) is 6.25. The van der Waals surface area contributed by atoms with Crippen molar-refractivity contribution in [3.05, 3.63) is 11.6 Å². The molecule has 0 aromatic carbocycles. The van der Waals surface area contributed by atoms with Gasteiger partial charge in [-0.3, -0.25) is 5.32 Å². The van der Waals surface area contributed by atoms with Crippen LogP contribution in [0.2, 0.25) is 0 Å². The Kier molecular flexibility index (Phi) is 6.02. The molecule has 0 aliphatic rings. The highest BCUT2D eigenvalue weighted by Gasteiger charge is 2.00. The van der Waals surface area contributed by atoms with Crippen molar-refractivity contribution in [2.45, 2.75) is 25.8 Å². The summed E-state index contributed by atoms with van der Waals surface area (Å²) in [7, 11) is 0. The highest BCUT2D eigenvalue weighted by atomic mass is 35.5. The van der Waals surface area contributed by atoms with Gasteiger partial charge in [0.15, 0.2) is 0 Å². The Morgan fingerprint density at radius 1 is 1.82 bits per heavy atom. The van der Waals surface area contributed by atoms with Crippen LogP contribution in [-0.4, -0.2) is 12.6 Å². The summed E-state index contributed by atoms with van der Waals surface area (Å²) in [4.78, 5) is 0. The van der Waals surface area contributed by atoms with E-state index in [4.69, 9.17) is 18.0 Å². The molecule has 62 valence electrons. The molecule has 0 bridgehead atoms. The monoisotopic (exact) mass is 171 g/mol. The fourth-order valence-electron chi connectivity index (χ4n) is 0.767. The Balaban J connectivity index is 3.54. The lowest BCUT2D eigenvalue weighted by Crippen LogP contribution is -2.28. The molecule has 0 saturated heterocycles. The van der Waals surface area contributed by atoms with Crippen LogP contribution in [0.15, 0.2) is 11.6 Å². The van der Waals surface area contributed by atoms with Crippen LogP contribution in [0.1, 0.15) is 19.8 Å². The third-order valence-electron chi connectivity index (χ3n) is 1.32. The van der Waals surface area contributed by atoms with Crippen LogP contribution in [0.4, 0.5) is 0 Å². The second kappa shape index (κ2) is 6.27. The van der Waals surface area contributed by atoms with Gasteiger partial charge in [0.05, 0.1) is 6.04 Å². The van der Waals surface area contributed by atoms with Gasteiger partial charge < -0.3 is 0 Å². The molecule has 0 rings (SSSR count). The van der Waals surface area contributed by atoms with Crippen molar-refractivity contribution in [1.82, 2.24) is 5.32 Å². The van der Waals surface area contributed by atoms with Gasteiger partial charge >= 0.3 is 0 Å². The summed E-state index contributed by atoms with van der Waals surface area (Å²) < 4.78 is 0. The molecule has 0 radical (unpaired) electrons. The lowest BCUT2D eigenvalue weighted by molar-refractivity contribution is 0.594. The third-order valence-corrected chi connectivity index (χ3v) is 1.45. The van der Waals surface area contributed by atoms with Crippen molar-refractivity contribution >= 4 is 11.6 Å². The highest BCUT2D eigenvalue weighted by molar-refractivity contribution is 6.29. The quantitative estimate of drug-likeness (QED) is 0.625.